The van der Waals surface area contributed by atoms with Crippen molar-refractivity contribution in [2.75, 3.05) is 0 Å². The van der Waals surface area contributed by atoms with Crippen molar-refractivity contribution in [1.82, 2.24) is 9.78 Å². The van der Waals surface area contributed by atoms with Gasteiger partial charge in [-0.15, -0.1) is 0 Å². The largest absolute Gasteiger partial charge is 0.382 e. The van der Waals surface area contributed by atoms with Gasteiger partial charge in [0, 0.05) is 13.2 Å². The Kier molecular flexibility index (Phi) is 2.16. The van der Waals surface area contributed by atoms with Gasteiger partial charge in [-0.2, -0.15) is 16.4 Å². The van der Waals surface area contributed by atoms with Crippen LogP contribution in [0.25, 0.3) is 0 Å². The molecule has 2 aromatic rings. The van der Waals surface area contributed by atoms with Crippen LogP contribution in [0.2, 0.25) is 0 Å². The predicted octanol–water partition coefficient (Wildman–Crippen LogP) is 1.56. The molecule has 0 aliphatic heterocycles. The molecule has 1 N–H and O–H groups in total. The van der Waals surface area contributed by atoms with Crippen molar-refractivity contribution in [3.63, 3.8) is 0 Å². The summed E-state index contributed by atoms with van der Waals surface area (Å²) < 4.78 is 1.68. The summed E-state index contributed by atoms with van der Waals surface area (Å²) in [7, 11) is 1.82. The third kappa shape index (κ3) is 1.50. The SMILES string of the molecule is Cn1nccc1C(O)c1ccsc1. The highest BCUT2D eigenvalue weighted by atomic mass is 32.1. The topological polar surface area (TPSA) is 38.0 Å². The van der Waals surface area contributed by atoms with Crippen molar-refractivity contribution in [3.05, 3.63) is 40.3 Å². The van der Waals surface area contributed by atoms with Gasteiger partial charge in [-0.3, -0.25) is 4.68 Å². The molecule has 2 rings (SSSR count). The fourth-order valence-corrected chi connectivity index (χ4v) is 1.93. The maximum absolute atomic E-state index is 9.90. The zero-order valence-electron chi connectivity index (χ0n) is 7.21. The van der Waals surface area contributed by atoms with Crippen molar-refractivity contribution >= 4 is 11.3 Å². The zero-order chi connectivity index (χ0) is 9.26. The minimum Gasteiger partial charge on any atom is -0.382 e. The number of aryl methyl sites for hydroxylation is 1. The molecule has 0 aliphatic carbocycles. The molecule has 0 fully saturated rings. The van der Waals surface area contributed by atoms with E-state index in [1.807, 2.05) is 29.9 Å². The Morgan fingerprint density at radius 1 is 1.54 bits per heavy atom. The van der Waals surface area contributed by atoms with Gasteiger partial charge < -0.3 is 5.11 Å². The Bertz CT molecular complexity index is 380. The van der Waals surface area contributed by atoms with Gasteiger partial charge in [0.05, 0.1) is 5.69 Å². The van der Waals surface area contributed by atoms with Gasteiger partial charge >= 0.3 is 0 Å². The highest BCUT2D eigenvalue weighted by molar-refractivity contribution is 7.07. The molecule has 1 atom stereocenters. The summed E-state index contributed by atoms with van der Waals surface area (Å²) in [5, 5.41) is 17.8. The lowest BCUT2D eigenvalue weighted by Crippen LogP contribution is -2.05. The Hall–Kier alpha value is -1.13. The summed E-state index contributed by atoms with van der Waals surface area (Å²) in [4.78, 5) is 0. The average Bonchev–Trinajstić information content (AvgIpc) is 2.72. The van der Waals surface area contributed by atoms with E-state index in [2.05, 4.69) is 5.10 Å². The molecular formula is C9H10N2OS. The van der Waals surface area contributed by atoms with Gasteiger partial charge in [0.2, 0.25) is 0 Å². The van der Waals surface area contributed by atoms with E-state index in [1.165, 1.54) is 0 Å². The summed E-state index contributed by atoms with van der Waals surface area (Å²) in [6.07, 6.45) is 1.13. The van der Waals surface area contributed by atoms with Gasteiger partial charge in [-0.25, -0.2) is 0 Å². The number of aromatic nitrogens is 2. The molecule has 3 nitrogen and oxygen atoms in total. The second-order valence-electron chi connectivity index (χ2n) is 2.84. The van der Waals surface area contributed by atoms with Crippen molar-refractivity contribution in [2.24, 2.45) is 7.05 Å². The molecular weight excluding hydrogens is 184 g/mol. The Morgan fingerprint density at radius 2 is 2.38 bits per heavy atom. The molecule has 0 aromatic carbocycles. The van der Waals surface area contributed by atoms with Crippen molar-refractivity contribution in [3.8, 4) is 0 Å². The van der Waals surface area contributed by atoms with Crippen molar-refractivity contribution in [1.29, 1.82) is 0 Å². The number of hydrogen-bond donors (Lipinski definition) is 1. The minimum atomic E-state index is -0.557. The van der Waals surface area contributed by atoms with Gasteiger partial charge in [-0.1, -0.05) is 0 Å². The van der Waals surface area contributed by atoms with Gasteiger partial charge in [0.1, 0.15) is 6.10 Å². The first-order valence-electron chi connectivity index (χ1n) is 3.97. The molecule has 1 unspecified atom stereocenters. The van der Waals surface area contributed by atoms with Crippen LogP contribution in [0.5, 0.6) is 0 Å². The first kappa shape index (κ1) is 8.47. The molecule has 0 saturated heterocycles. The van der Waals surface area contributed by atoms with E-state index in [0.717, 1.165) is 11.3 Å². The zero-order valence-corrected chi connectivity index (χ0v) is 8.03. The van der Waals surface area contributed by atoms with Crippen molar-refractivity contribution < 1.29 is 5.11 Å². The third-order valence-corrected chi connectivity index (χ3v) is 2.70. The molecule has 68 valence electrons. The lowest BCUT2D eigenvalue weighted by Gasteiger charge is -2.08. The first-order valence-corrected chi connectivity index (χ1v) is 4.91. The fourth-order valence-electron chi connectivity index (χ4n) is 1.25. The highest BCUT2D eigenvalue weighted by Gasteiger charge is 2.13. The number of aliphatic hydroxyl groups excluding tert-OH is 1. The summed E-state index contributed by atoms with van der Waals surface area (Å²) in [6, 6.07) is 3.74. The maximum atomic E-state index is 9.90. The minimum absolute atomic E-state index is 0.557. The van der Waals surface area contributed by atoms with Crippen LogP contribution in [-0.4, -0.2) is 14.9 Å². The van der Waals surface area contributed by atoms with E-state index >= 15 is 0 Å². The van der Waals surface area contributed by atoms with E-state index in [9.17, 15) is 5.11 Å². The quantitative estimate of drug-likeness (QED) is 0.788. The lowest BCUT2D eigenvalue weighted by molar-refractivity contribution is 0.210. The van der Waals surface area contributed by atoms with Crippen LogP contribution in [0.15, 0.2) is 29.1 Å². The molecule has 0 spiro atoms. The molecule has 0 amide bonds. The van der Waals surface area contributed by atoms with Crippen LogP contribution in [0.3, 0.4) is 0 Å². The van der Waals surface area contributed by atoms with Gasteiger partial charge in [0.15, 0.2) is 0 Å². The van der Waals surface area contributed by atoms with E-state index < -0.39 is 6.10 Å². The van der Waals surface area contributed by atoms with Gasteiger partial charge in [-0.05, 0) is 28.5 Å². The molecule has 0 bridgehead atoms. The Balaban J connectivity index is 2.33. The predicted molar refractivity (Wildman–Crippen MR) is 51.6 cm³/mol. The second kappa shape index (κ2) is 3.32. The lowest BCUT2D eigenvalue weighted by atomic mass is 10.1. The fraction of sp³-hybridized carbons (Fsp3) is 0.222. The van der Waals surface area contributed by atoms with E-state index in [4.69, 9.17) is 0 Å². The summed E-state index contributed by atoms with van der Waals surface area (Å²) >= 11 is 1.58. The normalized spacial score (nSPS) is 13.1. The van der Waals surface area contributed by atoms with E-state index in [0.29, 0.717) is 0 Å². The number of rotatable bonds is 2. The molecule has 2 aromatic heterocycles. The molecule has 0 radical (unpaired) electrons. The van der Waals surface area contributed by atoms with E-state index in [-0.39, 0.29) is 0 Å². The summed E-state index contributed by atoms with van der Waals surface area (Å²) in [5.41, 5.74) is 1.74. The molecule has 0 saturated carbocycles. The highest BCUT2D eigenvalue weighted by Crippen LogP contribution is 2.22. The monoisotopic (exact) mass is 194 g/mol. The molecule has 2 heterocycles. The maximum Gasteiger partial charge on any atom is 0.121 e. The molecule has 0 aliphatic rings. The Morgan fingerprint density at radius 3 is 2.92 bits per heavy atom. The van der Waals surface area contributed by atoms with Gasteiger partial charge in [0.25, 0.3) is 0 Å². The van der Waals surface area contributed by atoms with Crippen LogP contribution >= 0.6 is 11.3 Å². The molecule has 4 heteroatoms. The summed E-state index contributed by atoms with van der Waals surface area (Å²) in [6.45, 7) is 0. The van der Waals surface area contributed by atoms with Crippen molar-refractivity contribution in [2.45, 2.75) is 6.10 Å². The number of aliphatic hydroxyl groups is 1. The summed E-state index contributed by atoms with van der Waals surface area (Å²) in [5.74, 6) is 0. The van der Waals surface area contributed by atoms with Crippen LogP contribution in [0.1, 0.15) is 17.4 Å². The van der Waals surface area contributed by atoms with Crippen LogP contribution in [0, 0.1) is 0 Å². The standard InChI is InChI=1S/C9H10N2OS/c1-11-8(2-4-10-11)9(12)7-3-5-13-6-7/h2-6,9,12H,1H3. The number of thiophene rings is 1. The molecule has 13 heavy (non-hydrogen) atoms. The van der Waals surface area contributed by atoms with E-state index in [1.54, 1.807) is 22.2 Å². The smallest absolute Gasteiger partial charge is 0.121 e. The first-order chi connectivity index (χ1) is 6.29. The average molecular weight is 194 g/mol. The number of nitrogens with zero attached hydrogens (tertiary/aromatic N) is 2. The third-order valence-electron chi connectivity index (χ3n) is 2.00. The Labute approximate surface area is 80.3 Å². The van der Waals surface area contributed by atoms with Crippen LogP contribution < -0.4 is 0 Å². The van der Waals surface area contributed by atoms with Crippen LogP contribution in [0.4, 0.5) is 0 Å². The van der Waals surface area contributed by atoms with Crippen LogP contribution in [-0.2, 0) is 7.05 Å². The number of hydrogen-bond acceptors (Lipinski definition) is 3. The second-order valence-corrected chi connectivity index (χ2v) is 3.62.